The van der Waals surface area contributed by atoms with Crippen LogP contribution in [0.4, 0.5) is 27.8 Å². The van der Waals surface area contributed by atoms with Crippen LogP contribution in [-0.2, 0) is 6.18 Å². The molecule has 0 amide bonds. The maximum Gasteiger partial charge on any atom is 0.418 e. The monoisotopic (exact) mass is 462 g/mol. The Kier molecular flexibility index (Phi) is 5.27. The summed E-state index contributed by atoms with van der Waals surface area (Å²) in [6, 6.07) is 4.44. The summed E-state index contributed by atoms with van der Waals surface area (Å²) in [5, 5.41) is 0.0674. The van der Waals surface area contributed by atoms with Gasteiger partial charge in [-0.25, -0.2) is 18.7 Å². The van der Waals surface area contributed by atoms with E-state index in [0.29, 0.717) is 6.20 Å². The standard InChI is InChI=1S/C22H15F5N4O2/c1-9-11(22(25,26)27)8-30-21(33-16-4-3-12(23)19(24)10(16)2)17(9)14-7-15(32)18-13(31-14)5-6-29-20(18)28/h3-8H,1-2H3,(H2,28,29)(H,31,32). The van der Waals surface area contributed by atoms with Gasteiger partial charge < -0.3 is 15.5 Å². The van der Waals surface area contributed by atoms with Crippen molar-refractivity contribution < 1.29 is 26.7 Å². The number of benzene rings is 1. The first-order chi connectivity index (χ1) is 15.5. The molecule has 3 N–H and O–H groups in total. The van der Waals surface area contributed by atoms with E-state index in [1.54, 1.807) is 0 Å². The molecule has 1 aromatic carbocycles. The number of alkyl halides is 3. The second kappa shape index (κ2) is 7.84. The summed E-state index contributed by atoms with van der Waals surface area (Å²) >= 11 is 0. The molecule has 170 valence electrons. The summed E-state index contributed by atoms with van der Waals surface area (Å²) in [6.45, 7) is 2.44. The van der Waals surface area contributed by atoms with Crippen molar-refractivity contribution in [1.82, 2.24) is 15.0 Å². The Morgan fingerprint density at radius 3 is 2.48 bits per heavy atom. The zero-order valence-corrected chi connectivity index (χ0v) is 17.1. The summed E-state index contributed by atoms with van der Waals surface area (Å²) < 4.78 is 73.8. The van der Waals surface area contributed by atoms with E-state index in [-0.39, 0.29) is 50.7 Å². The molecule has 0 aliphatic heterocycles. The number of nitrogen functional groups attached to an aromatic ring is 1. The molecule has 0 saturated carbocycles. The highest BCUT2D eigenvalue weighted by molar-refractivity contribution is 5.90. The Morgan fingerprint density at radius 2 is 1.79 bits per heavy atom. The van der Waals surface area contributed by atoms with E-state index in [1.165, 1.54) is 26.1 Å². The fourth-order valence-corrected chi connectivity index (χ4v) is 3.47. The van der Waals surface area contributed by atoms with E-state index < -0.39 is 28.8 Å². The smallest absolute Gasteiger partial charge is 0.418 e. The van der Waals surface area contributed by atoms with Crippen LogP contribution < -0.4 is 15.9 Å². The number of aromatic amines is 1. The molecule has 3 aromatic heterocycles. The zero-order valence-electron chi connectivity index (χ0n) is 17.1. The third-order valence-electron chi connectivity index (χ3n) is 5.15. The number of nitrogens with zero attached hydrogens (tertiary/aromatic N) is 2. The Balaban J connectivity index is 1.99. The first-order valence-corrected chi connectivity index (χ1v) is 9.46. The molecule has 0 saturated heterocycles. The fourth-order valence-electron chi connectivity index (χ4n) is 3.47. The van der Waals surface area contributed by atoms with Crippen LogP contribution in [0.15, 0.2) is 41.5 Å². The first kappa shape index (κ1) is 22.2. The van der Waals surface area contributed by atoms with E-state index in [2.05, 4.69) is 15.0 Å². The molecule has 0 unspecified atom stereocenters. The molecule has 0 fully saturated rings. The largest absolute Gasteiger partial charge is 0.438 e. The van der Waals surface area contributed by atoms with E-state index in [9.17, 15) is 26.7 Å². The molecule has 0 radical (unpaired) electrons. The van der Waals surface area contributed by atoms with Crippen molar-refractivity contribution >= 4 is 16.7 Å². The molecule has 3 heterocycles. The minimum Gasteiger partial charge on any atom is -0.438 e. The van der Waals surface area contributed by atoms with Crippen molar-refractivity contribution in [3.63, 3.8) is 0 Å². The second-order valence-corrected chi connectivity index (χ2v) is 7.23. The van der Waals surface area contributed by atoms with E-state index in [1.807, 2.05) is 0 Å². The number of hydrogen-bond donors (Lipinski definition) is 2. The fraction of sp³-hybridized carbons (Fsp3) is 0.136. The lowest BCUT2D eigenvalue weighted by Crippen LogP contribution is -2.12. The molecular formula is C22H15F5N4O2. The number of H-pyrrole nitrogens is 1. The van der Waals surface area contributed by atoms with Gasteiger partial charge in [0.15, 0.2) is 17.1 Å². The molecule has 0 spiro atoms. The Labute approximate surface area is 182 Å². The van der Waals surface area contributed by atoms with Crippen LogP contribution in [0.2, 0.25) is 0 Å². The molecule has 11 heteroatoms. The molecule has 4 rings (SSSR count). The number of hydrogen-bond acceptors (Lipinski definition) is 5. The topological polar surface area (TPSA) is 93.9 Å². The SMILES string of the molecule is Cc1c(Oc2ncc(C(F)(F)F)c(C)c2-c2cc(=O)c3c(N)nccc3[nH]2)ccc(F)c1F. The number of pyridine rings is 3. The Hall–Kier alpha value is -4.02. The second-order valence-electron chi connectivity index (χ2n) is 7.23. The molecule has 33 heavy (non-hydrogen) atoms. The molecular weight excluding hydrogens is 447 g/mol. The lowest BCUT2D eigenvalue weighted by atomic mass is 10.0. The summed E-state index contributed by atoms with van der Waals surface area (Å²) in [5.74, 6) is -2.82. The number of fused-ring (bicyclic) bond motifs is 1. The van der Waals surface area contributed by atoms with Gasteiger partial charge in [0.2, 0.25) is 5.88 Å². The third-order valence-corrected chi connectivity index (χ3v) is 5.15. The van der Waals surface area contributed by atoms with Gasteiger partial charge in [-0.3, -0.25) is 4.79 Å². The van der Waals surface area contributed by atoms with Crippen LogP contribution in [0.3, 0.4) is 0 Å². The van der Waals surface area contributed by atoms with E-state index >= 15 is 0 Å². The number of anilines is 1. The summed E-state index contributed by atoms with van der Waals surface area (Å²) in [6.07, 6.45) is -2.84. The summed E-state index contributed by atoms with van der Waals surface area (Å²) in [7, 11) is 0. The normalized spacial score (nSPS) is 11.7. The average Bonchev–Trinajstić information content (AvgIpc) is 2.73. The Morgan fingerprint density at radius 1 is 1.06 bits per heavy atom. The molecule has 0 aliphatic rings. The molecule has 4 aromatic rings. The number of nitrogens with two attached hydrogens (primary N) is 1. The number of halogens is 5. The van der Waals surface area contributed by atoms with Crippen LogP contribution in [0.1, 0.15) is 16.7 Å². The highest BCUT2D eigenvalue weighted by Gasteiger charge is 2.35. The number of rotatable bonds is 3. The van der Waals surface area contributed by atoms with Gasteiger partial charge >= 0.3 is 6.18 Å². The van der Waals surface area contributed by atoms with Gasteiger partial charge in [-0.1, -0.05) is 0 Å². The maximum atomic E-state index is 14.0. The van der Waals surface area contributed by atoms with Crippen LogP contribution in [0, 0.1) is 25.5 Å². The highest BCUT2D eigenvalue weighted by atomic mass is 19.4. The lowest BCUT2D eigenvalue weighted by Gasteiger charge is -2.18. The molecule has 6 nitrogen and oxygen atoms in total. The van der Waals surface area contributed by atoms with Gasteiger partial charge in [0.05, 0.1) is 27.7 Å². The van der Waals surface area contributed by atoms with Crippen molar-refractivity contribution in [2.75, 3.05) is 5.73 Å². The lowest BCUT2D eigenvalue weighted by molar-refractivity contribution is -0.138. The minimum atomic E-state index is -4.74. The van der Waals surface area contributed by atoms with E-state index in [4.69, 9.17) is 10.5 Å². The van der Waals surface area contributed by atoms with Crippen molar-refractivity contribution in [2.45, 2.75) is 20.0 Å². The van der Waals surface area contributed by atoms with Crippen molar-refractivity contribution in [3.05, 3.63) is 75.2 Å². The predicted molar refractivity (Wildman–Crippen MR) is 111 cm³/mol. The van der Waals surface area contributed by atoms with Crippen molar-refractivity contribution in [1.29, 1.82) is 0 Å². The van der Waals surface area contributed by atoms with Crippen molar-refractivity contribution in [2.24, 2.45) is 0 Å². The van der Waals surface area contributed by atoms with Crippen LogP contribution in [-0.4, -0.2) is 15.0 Å². The highest BCUT2D eigenvalue weighted by Crippen LogP contribution is 2.41. The predicted octanol–water partition coefficient (Wildman–Crippen LogP) is 5.27. The van der Waals surface area contributed by atoms with Gasteiger partial charge in [-0.05, 0) is 37.6 Å². The van der Waals surface area contributed by atoms with E-state index in [0.717, 1.165) is 18.2 Å². The van der Waals surface area contributed by atoms with Gasteiger partial charge in [0, 0.05) is 24.0 Å². The van der Waals surface area contributed by atoms with Crippen LogP contribution in [0.5, 0.6) is 11.6 Å². The van der Waals surface area contributed by atoms with Gasteiger partial charge in [0.1, 0.15) is 11.6 Å². The zero-order chi connectivity index (χ0) is 24.1. The summed E-state index contributed by atoms with van der Waals surface area (Å²) in [4.78, 5) is 23.2. The average molecular weight is 462 g/mol. The quantitative estimate of drug-likeness (QED) is 0.405. The van der Waals surface area contributed by atoms with Gasteiger partial charge in [-0.15, -0.1) is 0 Å². The number of nitrogens with one attached hydrogen (secondary N) is 1. The van der Waals surface area contributed by atoms with Gasteiger partial charge in [0.25, 0.3) is 0 Å². The Bertz CT molecular complexity index is 1460. The third kappa shape index (κ3) is 3.86. The number of ether oxygens (including phenoxy) is 1. The summed E-state index contributed by atoms with van der Waals surface area (Å²) in [5.41, 5.74) is 3.64. The van der Waals surface area contributed by atoms with Crippen molar-refractivity contribution in [3.8, 4) is 22.9 Å². The maximum absolute atomic E-state index is 14.0. The van der Waals surface area contributed by atoms with Crippen LogP contribution in [0.25, 0.3) is 22.2 Å². The van der Waals surface area contributed by atoms with Crippen LogP contribution >= 0.6 is 0 Å². The molecule has 0 bridgehead atoms. The number of aromatic nitrogens is 3. The molecule has 0 atom stereocenters. The van der Waals surface area contributed by atoms with Gasteiger partial charge in [-0.2, -0.15) is 13.2 Å². The first-order valence-electron chi connectivity index (χ1n) is 9.46. The molecule has 0 aliphatic carbocycles. The minimum absolute atomic E-state index is 0.0376.